The summed E-state index contributed by atoms with van der Waals surface area (Å²) in [4.78, 5) is 16.1. The Hall–Kier alpha value is -2.35. The number of aromatic nitrogens is 3. The van der Waals surface area contributed by atoms with Gasteiger partial charge in [0.25, 0.3) is 5.56 Å². The Morgan fingerprint density at radius 2 is 1.88 bits per heavy atom. The smallest absolute Gasteiger partial charge is 0.286 e. The molecule has 24 heavy (non-hydrogen) atoms. The van der Waals surface area contributed by atoms with Crippen molar-refractivity contribution in [3.05, 3.63) is 56.7 Å². The zero-order chi connectivity index (χ0) is 17.6. The SMILES string of the molecule is Cc1nc2c(F)c(-c3ccc(Cl)cc3)[nH]n2c(=O)c1CC(F)(F)F. The molecule has 3 aromatic rings. The molecule has 0 aliphatic heterocycles. The van der Waals surface area contributed by atoms with Gasteiger partial charge in [-0.05, 0) is 19.1 Å². The van der Waals surface area contributed by atoms with E-state index < -0.39 is 29.5 Å². The molecule has 0 bridgehead atoms. The van der Waals surface area contributed by atoms with E-state index in [4.69, 9.17) is 11.6 Å². The van der Waals surface area contributed by atoms with Gasteiger partial charge < -0.3 is 0 Å². The summed E-state index contributed by atoms with van der Waals surface area (Å²) in [5.41, 5.74) is -1.68. The highest BCUT2D eigenvalue weighted by molar-refractivity contribution is 6.30. The highest BCUT2D eigenvalue weighted by Crippen LogP contribution is 2.26. The fourth-order valence-electron chi connectivity index (χ4n) is 2.40. The second-order valence-electron chi connectivity index (χ2n) is 5.24. The van der Waals surface area contributed by atoms with E-state index in [9.17, 15) is 22.4 Å². The van der Waals surface area contributed by atoms with Crippen LogP contribution < -0.4 is 5.56 Å². The Labute approximate surface area is 137 Å². The molecule has 0 atom stereocenters. The van der Waals surface area contributed by atoms with Gasteiger partial charge in [-0.2, -0.15) is 17.7 Å². The lowest BCUT2D eigenvalue weighted by molar-refractivity contribution is -0.127. The fourth-order valence-corrected chi connectivity index (χ4v) is 2.52. The van der Waals surface area contributed by atoms with Crippen LogP contribution in [0.1, 0.15) is 11.3 Å². The van der Waals surface area contributed by atoms with Crippen LogP contribution in [-0.4, -0.2) is 20.8 Å². The number of H-pyrrole nitrogens is 1. The monoisotopic (exact) mass is 359 g/mol. The van der Waals surface area contributed by atoms with Gasteiger partial charge in [-0.25, -0.2) is 9.37 Å². The van der Waals surface area contributed by atoms with Crippen molar-refractivity contribution in [2.24, 2.45) is 0 Å². The predicted molar refractivity (Wildman–Crippen MR) is 80.7 cm³/mol. The summed E-state index contributed by atoms with van der Waals surface area (Å²) in [6, 6.07) is 6.09. The number of aryl methyl sites for hydroxylation is 1. The van der Waals surface area contributed by atoms with Gasteiger partial charge in [0.05, 0.1) is 6.42 Å². The molecule has 2 heterocycles. The quantitative estimate of drug-likeness (QED) is 0.706. The Kier molecular flexibility index (Phi) is 3.87. The Morgan fingerprint density at radius 3 is 2.46 bits per heavy atom. The molecule has 1 aromatic carbocycles. The van der Waals surface area contributed by atoms with Crippen molar-refractivity contribution in [3.63, 3.8) is 0 Å². The number of rotatable bonds is 2. The summed E-state index contributed by atoms with van der Waals surface area (Å²) in [6.07, 6.45) is -5.99. The average Bonchev–Trinajstić information content (AvgIpc) is 2.81. The summed E-state index contributed by atoms with van der Waals surface area (Å²) in [6.45, 7) is 1.25. The van der Waals surface area contributed by atoms with Crippen molar-refractivity contribution in [3.8, 4) is 11.3 Å². The highest BCUT2D eigenvalue weighted by atomic mass is 35.5. The van der Waals surface area contributed by atoms with Gasteiger partial charge in [0.1, 0.15) is 5.69 Å². The maximum absolute atomic E-state index is 14.5. The first kappa shape index (κ1) is 16.5. The molecule has 2 aromatic heterocycles. The van der Waals surface area contributed by atoms with Crippen molar-refractivity contribution < 1.29 is 17.6 Å². The summed E-state index contributed by atoms with van der Waals surface area (Å²) in [7, 11) is 0. The molecule has 9 heteroatoms. The molecule has 0 aliphatic rings. The molecule has 0 fully saturated rings. The third kappa shape index (κ3) is 2.89. The first-order chi connectivity index (χ1) is 11.2. The van der Waals surface area contributed by atoms with Crippen LogP contribution in [0.15, 0.2) is 29.1 Å². The molecule has 0 unspecified atom stereocenters. The van der Waals surface area contributed by atoms with Crippen LogP contribution in [0.4, 0.5) is 17.6 Å². The predicted octanol–water partition coefficient (Wildman–Crippen LogP) is 3.90. The minimum atomic E-state index is -4.57. The average molecular weight is 360 g/mol. The van der Waals surface area contributed by atoms with Crippen LogP contribution in [0.25, 0.3) is 16.9 Å². The number of fused-ring (bicyclic) bond motifs is 1. The number of nitrogens with one attached hydrogen (secondary N) is 1. The molecule has 1 N–H and O–H groups in total. The largest absolute Gasteiger partial charge is 0.393 e. The van der Waals surface area contributed by atoms with Crippen LogP contribution in [0, 0.1) is 12.7 Å². The van der Waals surface area contributed by atoms with Crippen molar-refractivity contribution in [1.82, 2.24) is 14.6 Å². The Morgan fingerprint density at radius 1 is 1.25 bits per heavy atom. The normalized spacial score (nSPS) is 12.1. The minimum absolute atomic E-state index is 0.0557. The minimum Gasteiger partial charge on any atom is -0.286 e. The van der Waals surface area contributed by atoms with Gasteiger partial charge >= 0.3 is 6.18 Å². The maximum atomic E-state index is 14.5. The number of hydrogen-bond donors (Lipinski definition) is 1. The number of halogens is 5. The summed E-state index contributed by atoms with van der Waals surface area (Å²) in [5, 5.41) is 2.92. The lowest BCUT2D eigenvalue weighted by Crippen LogP contribution is -2.26. The van der Waals surface area contributed by atoms with Crippen molar-refractivity contribution in [2.75, 3.05) is 0 Å². The van der Waals surface area contributed by atoms with Crippen molar-refractivity contribution >= 4 is 17.2 Å². The number of nitrogens with zero attached hydrogens (tertiary/aromatic N) is 2. The number of hydrogen-bond acceptors (Lipinski definition) is 2. The first-order valence-electron chi connectivity index (χ1n) is 6.80. The van der Waals surface area contributed by atoms with Crippen LogP contribution >= 0.6 is 11.6 Å². The maximum Gasteiger partial charge on any atom is 0.393 e. The highest BCUT2D eigenvalue weighted by Gasteiger charge is 2.31. The summed E-state index contributed by atoms with van der Waals surface area (Å²) < 4.78 is 53.1. The molecule has 0 radical (unpaired) electrons. The van der Waals surface area contributed by atoms with E-state index in [2.05, 4.69) is 10.1 Å². The third-order valence-electron chi connectivity index (χ3n) is 3.53. The van der Waals surface area contributed by atoms with Crippen molar-refractivity contribution in [1.29, 1.82) is 0 Å². The second-order valence-corrected chi connectivity index (χ2v) is 5.68. The van der Waals surface area contributed by atoms with E-state index in [0.29, 0.717) is 15.1 Å². The van der Waals surface area contributed by atoms with Gasteiger partial charge in [0, 0.05) is 21.8 Å². The topological polar surface area (TPSA) is 50.2 Å². The van der Waals surface area contributed by atoms with Gasteiger partial charge in [-0.1, -0.05) is 23.7 Å². The van der Waals surface area contributed by atoms with E-state index in [0.717, 1.165) is 0 Å². The van der Waals surface area contributed by atoms with E-state index >= 15 is 0 Å². The number of benzene rings is 1. The third-order valence-corrected chi connectivity index (χ3v) is 3.78. The van der Waals surface area contributed by atoms with E-state index in [1.165, 1.54) is 31.2 Å². The molecule has 126 valence electrons. The molecular formula is C15H10ClF4N3O. The van der Waals surface area contributed by atoms with Gasteiger partial charge in [0.15, 0.2) is 11.5 Å². The molecule has 0 amide bonds. The summed E-state index contributed by atoms with van der Waals surface area (Å²) in [5.74, 6) is -0.823. The van der Waals surface area contributed by atoms with Crippen LogP contribution in [0.5, 0.6) is 0 Å². The zero-order valence-electron chi connectivity index (χ0n) is 12.2. The standard InChI is InChI=1S/C15H10ClF4N3O/c1-7-10(6-15(18,19)20)14(24)23-13(21-7)11(17)12(22-23)8-2-4-9(16)5-3-8/h2-5,22H,6H2,1H3. The molecule has 4 nitrogen and oxygen atoms in total. The van der Waals surface area contributed by atoms with Crippen LogP contribution in [0.2, 0.25) is 5.02 Å². The molecule has 3 rings (SSSR count). The summed E-state index contributed by atoms with van der Waals surface area (Å²) >= 11 is 5.77. The number of aromatic amines is 1. The van der Waals surface area contributed by atoms with Gasteiger partial charge in [0.2, 0.25) is 0 Å². The second kappa shape index (κ2) is 5.62. The Bertz CT molecular complexity index is 974. The first-order valence-corrected chi connectivity index (χ1v) is 7.17. The molecular weight excluding hydrogens is 350 g/mol. The van der Waals surface area contributed by atoms with E-state index in [1.54, 1.807) is 0 Å². The lowest BCUT2D eigenvalue weighted by Gasteiger charge is -2.08. The fraction of sp³-hybridized carbons (Fsp3) is 0.200. The van der Waals surface area contributed by atoms with Crippen molar-refractivity contribution in [2.45, 2.75) is 19.5 Å². The Balaban J connectivity index is 2.23. The molecule has 0 aliphatic carbocycles. The van der Waals surface area contributed by atoms with Crippen LogP contribution in [-0.2, 0) is 6.42 Å². The van der Waals surface area contributed by atoms with Gasteiger partial charge in [-0.15, -0.1) is 0 Å². The molecule has 0 saturated carbocycles. The molecule has 0 spiro atoms. The molecule has 0 saturated heterocycles. The lowest BCUT2D eigenvalue weighted by atomic mass is 10.1. The number of alkyl halides is 3. The van der Waals surface area contributed by atoms with Crippen LogP contribution in [0.3, 0.4) is 0 Å². The van der Waals surface area contributed by atoms with Gasteiger partial charge in [-0.3, -0.25) is 9.89 Å². The van der Waals surface area contributed by atoms with E-state index in [-0.39, 0.29) is 17.0 Å². The van der Waals surface area contributed by atoms with E-state index in [1.807, 2.05) is 0 Å². The zero-order valence-corrected chi connectivity index (χ0v) is 13.0.